The molecule has 2 aromatic rings. The third-order valence-corrected chi connectivity index (χ3v) is 4.55. The topological polar surface area (TPSA) is 97.7 Å². The summed E-state index contributed by atoms with van der Waals surface area (Å²) in [6.45, 7) is 2.24. The number of esters is 1. The molecule has 0 bridgehead atoms. The Labute approximate surface area is 189 Å². The zero-order valence-electron chi connectivity index (χ0n) is 17.3. The van der Waals surface area contributed by atoms with Crippen LogP contribution in [0.15, 0.2) is 52.5 Å². The SMILES string of the molecule is CCCCNC(=O)/C(C#N)=C/c1ccc(OC(=O)COc2cccc(Br)c2)c(OC)c1. The average molecular weight is 487 g/mol. The zero-order valence-corrected chi connectivity index (χ0v) is 18.9. The van der Waals surface area contributed by atoms with Crippen molar-refractivity contribution < 1.29 is 23.8 Å². The summed E-state index contributed by atoms with van der Waals surface area (Å²) in [5.74, 6) is -0.0219. The lowest BCUT2D eigenvalue weighted by Crippen LogP contribution is -2.25. The first-order chi connectivity index (χ1) is 15.0. The van der Waals surface area contributed by atoms with Gasteiger partial charge in [-0.15, -0.1) is 0 Å². The summed E-state index contributed by atoms with van der Waals surface area (Å²) >= 11 is 3.33. The summed E-state index contributed by atoms with van der Waals surface area (Å²) in [4.78, 5) is 24.3. The van der Waals surface area contributed by atoms with Gasteiger partial charge in [0.25, 0.3) is 5.91 Å². The van der Waals surface area contributed by atoms with Crippen LogP contribution >= 0.6 is 15.9 Å². The molecule has 2 aromatic carbocycles. The maximum atomic E-state index is 12.1. The highest BCUT2D eigenvalue weighted by molar-refractivity contribution is 9.10. The van der Waals surface area contributed by atoms with E-state index in [0.29, 0.717) is 17.9 Å². The number of halogens is 1. The summed E-state index contributed by atoms with van der Waals surface area (Å²) in [5.41, 5.74) is 0.537. The largest absolute Gasteiger partial charge is 0.493 e. The molecule has 0 aliphatic carbocycles. The van der Waals surface area contributed by atoms with E-state index in [1.807, 2.05) is 19.1 Å². The molecule has 1 amide bonds. The molecule has 0 atom stereocenters. The first kappa shape index (κ1) is 24.0. The summed E-state index contributed by atoms with van der Waals surface area (Å²) in [6.07, 6.45) is 3.23. The number of benzene rings is 2. The van der Waals surface area contributed by atoms with Crippen molar-refractivity contribution in [2.75, 3.05) is 20.3 Å². The first-order valence-electron chi connectivity index (χ1n) is 9.64. The zero-order chi connectivity index (χ0) is 22.6. The number of nitriles is 1. The van der Waals surface area contributed by atoms with Crippen LogP contribution in [-0.4, -0.2) is 32.1 Å². The van der Waals surface area contributed by atoms with Crippen molar-refractivity contribution >= 4 is 33.9 Å². The maximum absolute atomic E-state index is 12.1. The lowest BCUT2D eigenvalue weighted by atomic mass is 10.1. The van der Waals surface area contributed by atoms with Crippen molar-refractivity contribution in [2.45, 2.75) is 19.8 Å². The fraction of sp³-hybridized carbons (Fsp3) is 0.261. The minimum Gasteiger partial charge on any atom is -0.493 e. The summed E-state index contributed by atoms with van der Waals surface area (Å²) in [5, 5.41) is 12.0. The predicted octanol–water partition coefficient (Wildman–Crippen LogP) is 4.27. The van der Waals surface area contributed by atoms with Gasteiger partial charge < -0.3 is 19.5 Å². The highest BCUT2D eigenvalue weighted by Gasteiger charge is 2.13. The number of carbonyl (C=O) groups excluding carboxylic acids is 2. The van der Waals surface area contributed by atoms with E-state index in [-0.39, 0.29) is 23.7 Å². The molecule has 31 heavy (non-hydrogen) atoms. The van der Waals surface area contributed by atoms with E-state index < -0.39 is 11.9 Å². The summed E-state index contributed by atoms with van der Waals surface area (Å²) in [6, 6.07) is 13.7. The monoisotopic (exact) mass is 486 g/mol. The van der Waals surface area contributed by atoms with Crippen LogP contribution in [0.2, 0.25) is 0 Å². The number of carbonyl (C=O) groups is 2. The van der Waals surface area contributed by atoms with Crippen LogP contribution in [-0.2, 0) is 9.59 Å². The van der Waals surface area contributed by atoms with Crippen LogP contribution in [0.1, 0.15) is 25.3 Å². The van der Waals surface area contributed by atoms with Gasteiger partial charge in [0.15, 0.2) is 18.1 Å². The number of hydrogen-bond donors (Lipinski definition) is 1. The molecule has 0 aromatic heterocycles. The van der Waals surface area contributed by atoms with Crippen LogP contribution in [0.5, 0.6) is 17.2 Å². The molecule has 7 nitrogen and oxygen atoms in total. The van der Waals surface area contributed by atoms with Gasteiger partial charge in [-0.2, -0.15) is 5.26 Å². The molecule has 0 spiro atoms. The van der Waals surface area contributed by atoms with Gasteiger partial charge in [0.2, 0.25) is 0 Å². The van der Waals surface area contributed by atoms with Gasteiger partial charge in [-0.05, 0) is 48.4 Å². The van der Waals surface area contributed by atoms with Crippen LogP contribution in [0.4, 0.5) is 0 Å². The number of methoxy groups -OCH3 is 1. The van der Waals surface area contributed by atoms with Crippen molar-refractivity contribution in [3.8, 4) is 23.3 Å². The second-order valence-electron chi connectivity index (χ2n) is 6.41. The second-order valence-corrected chi connectivity index (χ2v) is 7.33. The minimum absolute atomic E-state index is 0.0228. The van der Waals surface area contributed by atoms with Crippen molar-refractivity contribution in [2.24, 2.45) is 0 Å². The normalized spacial score (nSPS) is 10.7. The molecule has 0 heterocycles. The van der Waals surface area contributed by atoms with Gasteiger partial charge in [-0.25, -0.2) is 4.79 Å². The van der Waals surface area contributed by atoms with Crippen LogP contribution in [0.3, 0.4) is 0 Å². The van der Waals surface area contributed by atoms with Gasteiger partial charge in [-0.3, -0.25) is 4.79 Å². The van der Waals surface area contributed by atoms with Crippen LogP contribution in [0, 0.1) is 11.3 Å². The van der Waals surface area contributed by atoms with Crippen molar-refractivity contribution in [3.63, 3.8) is 0 Å². The molecule has 0 radical (unpaired) electrons. The molecule has 8 heteroatoms. The summed E-state index contributed by atoms with van der Waals surface area (Å²) < 4.78 is 16.9. The van der Waals surface area contributed by atoms with Gasteiger partial charge in [0.05, 0.1) is 7.11 Å². The average Bonchev–Trinajstić information content (AvgIpc) is 2.77. The number of nitrogens with one attached hydrogen (secondary N) is 1. The Bertz CT molecular complexity index is 998. The molecule has 162 valence electrons. The number of rotatable bonds is 10. The van der Waals surface area contributed by atoms with Crippen LogP contribution in [0.25, 0.3) is 6.08 Å². The van der Waals surface area contributed by atoms with E-state index in [2.05, 4.69) is 21.2 Å². The van der Waals surface area contributed by atoms with E-state index >= 15 is 0 Å². The van der Waals surface area contributed by atoms with Crippen molar-refractivity contribution in [1.29, 1.82) is 5.26 Å². The van der Waals surface area contributed by atoms with E-state index in [1.54, 1.807) is 30.3 Å². The van der Waals surface area contributed by atoms with Gasteiger partial charge in [0.1, 0.15) is 17.4 Å². The molecule has 0 saturated heterocycles. The third kappa shape index (κ3) is 7.79. The van der Waals surface area contributed by atoms with Crippen LogP contribution < -0.4 is 19.5 Å². The second kappa shape index (κ2) is 12.4. The quantitative estimate of drug-likeness (QED) is 0.177. The van der Waals surface area contributed by atoms with E-state index in [9.17, 15) is 14.9 Å². The molecule has 2 rings (SSSR count). The highest BCUT2D eigenvalue weighted by Crippen LogP contribution is 2.29. The number of amides is 1. The van der Waals surface area contributed by atoms with Gasteiger partial charge in [-0.1, -0.05) is 41.4 Å². The molecule has 0 fully saturated rings. The molecule has 0 saturated carbocycles. The number of unbranched alkanes of at least 4 members (excludes halogenated alkanes) is 1. The lowest BCUT2D eigenvalue weighted by molar-refractivity contribution is -0.136. The Morgan fingerprint density at radius 1 is 1.19 bits per heavy atom. The molecule has 0 aliphatic rings. The van der Waals surface area contributed by atoms with Crippen molar-refractivity contribution in [1.82, 2.24) is 5.32 Å². The Morgan fingerprint density at radius 2 is 2.00 bits per heavy atom. The lowest BCUT2D eigenvalue weighted by Gasteiger charge is -2.11. The van der Waals surface area contributed by atoms with Gasteiger partial charge >= 0.3 is 5.97 Å². The Hall–Kier alpha value is -3.31. The molecular weight excluding hydrogens is 464 g/mol. The third-order valence-electron chi connectivity index (χ3n) is 4.06. The Balaban J connectivity index is 2.05. The predicted molar refractivity (Wildman–Crippen MR) is 120 cm³/mol. The number of ether oxygens (including phenoxy) is 3. The number of nitrogens with zero attached hydrogens (tertiary/aromatic N) is 1. The van der Waals surface area contributed by atoms with Gasteiger partial charge in [0, 0.05) is 11.0 Å². The van der Waals surface area contributed by atoms with E-state index in [0.717, 1.165) is 17.3 Å². The Morgan fingerprint density at radius 3 is 2.68 bits per heavy atom. The molecule has 0 unspecified atom stereocenters. The minimum atomic E-state index is -0.602. The standard InChI is InChI=1S/C23H23BrN2O5/c1-3-4-10-26-23(28)17(14-25)11-16-8-9-20(21(12-16)29-2)31-22(27)15-30-19-7-5-6-18(24)13-19/h5-9,11-13H,3-4,10,15H2,1-2H3,(H,26,28)/b17-11+. The van der Waals surface area contributed by atoms with E-state index in [4.69, 9.17) is 14.2 Å². The highest BCUT2D eigenvalue weighted by atomic mass is 79.9. The smallest absolute Gasteiger partial charge is 0.349 e. The van der Waals surface area contributed by atoms with Crippen molar-refractivity contribution in [3.05, 3.63) is 58.1 Å². The fourth-order valence-corrected chi connectivity index (χ4v) is 2.88. The molecule has 0 aliphatic heterocycles. The Kier molecular flexibility index (Phi) is 9.59. The maximum Gasteiger partial charge on any atom is 0.349 e. The fourth-order valence-electron chi connectivity index (χ4n) is 2.50. The number of hydrogen-bond acceptors (Lipinski definition) is 6. The molecular formula is C23H23BrN2O5. The van der Waals surface area contributed by atoms with E-state index in [1.165, 1.54) is 19.3 Å². The first-order valence-corrected chi connectivity index (χ1v) is 10.4. The molecule has 1 N–H and O–H groups in total. The summed E-state index contributed by atoms with van der Waals surface area (Å²) in [7, 11) is 1.43.